The largest absolute Gasteiger partial charge is 0.0651 e. The first-order valence-corrected chi connectivity index (χ1v) is 8.16. The lowest BCUT2D eigenvalue weighted by Gasteiger charge is -2.48. The van der Waals surface area contributed by atoms with Crippen LogP contribution in [-0.4, -0.2) is 0 Å². The van der Waals surface area contributed by atoms with E-state index >= 15 is 0 Å². The van der Waals surface area contributed by atoms with Crippen molar-refractivity contribution in [2.75, 3.05) is 0 Å². The van der Waals surface area contributed by atoms with E-state index in [1.807, 2.05) is 0 Å². The summed E-state index contributed by atoms with van der Waals surface area (Å²) in [6.07, 6.45) is 15.0. The fourth-order valence-corrected chi connectivity index (χ4v) is 4.83. The molecular weight excluding hydrogens is 204 g/mol. The van der Waals surface area contributed by atoms with E-state index in [1.54, 1.807) is 0 Å². The molecule has 2 atom stereocenters. The first-order chi connectivity index (χ1) is 8.16. The highest BCUT2D eigenvalue weighted by atomic mass is 14.5. The van der Waals surface area contributed by atoms with Gasteiger partial charge in [-0.1, -0.05) is 65.7 Å². The van der Waals surface area contributed by atoms with Crippen LogP contribution in [0, 0.1) is 23.2 Å². The van der Waals surface area contributed by atoms with Crippen LogP contribution in [0.1, 0.15) is 85.0 Å². The van der Waals surface area contributed by atoms with Crippen molar-refractivity contribution in [1.29, 1.82) is 0 Å². The molecule has 0 bridgehead atoms. The molecule has 0 heteroatoms. The van der Waals surface area contributed by atoms with Gasteiger partial charge in [0.15, 0.2) is 0 Å². The fourth-order valence-electron chi connectivity index (χ4n) is 4.83. The third-order valence-electron chi connectivity index (χ3n) is 6.05. The van der Waals surface area contributed by atoms with Gasteiger partial charge >= 0.3 is 0 Å². The van der Waals surface area contributed by atoms with Crippen LogP contribution in [0.4, 0.5) is 0 Å². The Kier molecular flexibility index (Phi) is 4.55. The van der Waals surface area contributed by atoms with Gasteiger partial charge < -0.3 is 0 Å². The lowest BCUT2D eigenvalue weighted by Crippen LogP contribution is -2.39. The van der Waals surface area contributed by atoms with Gasteiger partial charge in [-0.25, -0.2) is 0 Å². The normalized spacial score (nSPS) is 32.6. The molecule has 0 spiro atoms. The van der Waals surface area contributed by atoms with E-state index in [0.717, 1.165) is 17.8 Å². The molecule has 0 aromatic carbocycles. The van der Waals surface area contributed by atoms with E-state index < -0.39 is 0 Å². The Morgan fingerprint density at radius 1 is 0.824 bits per heavy atom. The summed E-state index contributed by atoms with van der Waals surface area (Å²) in [7, 11) is 0. The Morgan fingerprint density at radius 3 is 2.06 bits per heavy atom. The molecule has 0 amide bonds. The van der Waals surface area contributed by atoms with Crippen molar-refractivity contribution in [3.63, 3.8) is 0 Å². The van der Waals surface area contributed by atoms with Crippen molar-refractivity contribution in [2.24, 2.45) is 23.2 Å². The zero-order valence-corrected chi connectivity index (χ0v) is 12.3. The summed E-state index contributed by atoms with van der Waals surface area (Å²) in [4.78, 5) is 0. The molecule has 0 aliphatic heterocycles. The maximum absolute atomic E-state index is 2.60. The third-order valence-corrected chi connectivity index (χ3v) is 6.05. The summed E-state index contributed by atoms with van der Waals surface area (Å²) in [6.45, 7) is 7.61. The highest BCUT2D eigenvalue weighted by Gasteiger charge is 2.41. The summed E-state index contributed by atoms with van der Waals surface area (Å²) >= 11 is 0. The molecule has 2 aliphatic rings. The second-order valence-corrected chi connectivity index (χ2v) is 7.22. The average molecular weight is 236 g/mol. The van der Waals surface area contributed by atoms with Gasteiger partial charge in [-0.3, -0.25) is 0 Å². The molecule has 0 aromatic heterocycles. The smallest absolute Gasteiger partial charge is 0.0295 e. The molecule has 2 saturated carbocycles. The van der Waals surface area contributed by atoms with Gasteiger partial charge in [0.2, 0.25) is 0 Å². The highest BCUT2D eigenvalue weighted by Crippen LogP contribution is 2.51. The Hall–Kier alpha value is 0. The molecule has 0 aromatic rings. The van der Waals surface area contributed by atoms with Crippen molar-refractivity contribution in [1.82, 2.24) is 0 Å². The van der Waals surface area contributed by atoms with Gasteiger partial charge in [0, 0.05) is 0 Å². The second-order valence-electron chi connectivity index (χ2n) is 7.22. The third kappa shape index (κ3) is 2.88. The minimum Gasteiger partial charge on any atom is -0.0651 e. The van der Waals surface area contributed by atoms with Gasteiger partial charge in [-0.05, 0) is 42.4 Å². The van der Waals surface area contributed by atoms with E-state index in [4.69, 9.17) is 0 Å². The lowest BCUT2D eigenvalue weighted by molar-refractivity contribution is 0.0191. The first-order valence-electron chi connectivity index (χ1n) is 8.16. The number of rotatable bonds is 3. The van der Waals surface area contributed by atoms with Crippen molar-refractivity contribution >= 4 is 0 Å². The van der Waals surface area contributed by atoms with Crippen molar-refractivity contribution in [2.45, 2.75) is 85.0 Å². The number of hydrogen-bond donors (Lipinski definition) is 0. The summed E-state index contributed by atoms with van der Waals surface area (Å²) in [5.74, 6) is 3.07. The predicted octanol–water partition coefficient (Wildman–Crippen LogP) is 5.81. The van der Waals surface area contributed by atoms with Gasteiger partial charge in [-0.15, -0.1) is 0 Å². The van der Waals surface area contributed by atoms with E-state index in [9.17, 15) is 0 Å². The Balaban J connectivity index is 2.05. The topological polar surface area (TPSA) is 0 Å². The average Bonchev–Trinajstić information content (AvgIpc) is 2.39. The Bertz CT molecular complexity index is 222. The quantitative estimate of drug-likeness (QED) is 0.580. The van der Waals surface area contributed by atoms with Gasteiger partial charge in [-0.2, -0.15) is 0 Å². The van der Waals surface area contributed by atoms with Crippen molar-refractivity contribution < 1.29 is 0 Å². The molecule has 0 N–H and O–H groups in total. The SMILES string of the molecule is CCC1CCCCC1C(C)(C)C1CCCCC1. The number of hydrogen-bond acceptors (Lipinski definition) is 0. The summed E-state index contributed by atoms with van der Waals surface area (Å²) in [5, 5.41) is 0. The zero-order chi connectivity index (χ0) is 12.3. The van der Waals surface area contributed by atoms with Crippen LogP contribution < -0.4 is 0 Å². The Labute approximate surface area is 109 Å². The molecule has 2 aliphatic carbocycles. The summed E-state index contributed by atoms with van der Waals surface area (Å²) < 4.78 is 0. The minimum absolute atomic E-state index is 0.613. The predicted molar refractivity (Wildman–Crippen MR) is 76.1 cm³/mol. The molecular formula is C17H32. The molecule has 0 radical (unpaired) electrons. The molecule has 0 nitrogen and oxygen atoms in total. The fraction of sp³-hybridized carbons (Fsp3) is 1.00. The maximum atomic E-state index is 2.60. The standard InChI is InChI=1S/C17H32/c1-4-14-10-8-9-13-16(14)17(2,3)15-11-6-5-7-12-15/h14-16H,4-13H2,1-3H3. The molecule has 0 heterocycles. The van der Waals surface area contributed by atoms with Crippen LogP contribution in [0.3, 0.4) is 0 Å². The van der Waals surface area contributed by atoms with Crippen LogP contribution in [0.15, 0.2) is 0 Å². The molecule has 2 rings (SSSR count). The highest BCUT2D eigenvalue weighted by molar-refractivity contribution is 4.91. The minimum atomic E-state index is 0.613. The van der Waals surface area contributed by atoms with Crippen LogP contribution in [0.5, 0.6) is 0 Å². The zero-order valence-electron chi connectivity index (χ0n) is 12.3. The molecule has 2 unspecified atom stereocenters. The monoisotopic (exact) mass is 236 g/mol. The lowest BCUT2D eigenvalue weighted by atomic mass is 9.57. The van der Waals surface area contributed by atoms with Crippen LogP contribution in [0.2, 0.25) is 0 Å². The summed E-state index contributed by atoms with van der Waals surface area (Å²) in [5.41, 5.74) is 0.613. The van der Waals surface area contributed by atoms with Gasteiger partial charge in [0.1, 0.15) is 0 Å². The van der Waals surface area contributed by atoms with Gasteiger partial charge in [0.25, 0.3) is 0 Å². The van der Waals surface area contributed by atoms with Gasteiger partial charge in [0.05, 0.1) is 0 Å². The van der Waals surface area contributed by atoms with Crippen LogP contribution in [0.25, 0.3) is 0 Å². The molecule has 2 fully saturated rings. The van der Waals surface area contributed by atoms with E-state index in [1.165, 1.54) is 64.2 Å². The van der Waals surface area contributed by atoms with Crippen LogP contribution >= 0.6 is 0 Å². The van der Waals surface area contributed by atoms with E-state index in [2.05, 4.69) is 20.8 Å². The first kappa shape index (κ1) is 13.4. The molecule has 100 valence electrons. The van der Waals surface area contributed by atoms with Crippen molar-refractivity contribution in [3.05, 3.63) is 0 Å². The Morgan fingerprint density at radius 2 is 1.41 bits per heavy atom. The van der Waals surface area contributed by atoms with E-state index in [0.29, 0.717) is 5.41 Å². The van der Waals surface area contributed by atoms with E-state index in [-0.39, 0.29) is 0 Å². The van der Waals surface area contributed by atoms with Crippen LogP contribution in [-0.2, 0) is 0 Å². The second kappa shape index (κ2) is 5.76. The molecule has 17 heavy (non-hydrogen) atoms. The molecule has 0 saturated heterocycles. The summed E-state index contributed by atoms with van der Waals surface area (Å²) in [6, 6.07) is 0. The van der Waals surface area contributed by atoms with Crippen molar-refractivity contribution in [3.8, 4) is 0 Å². The maximum Gasteiger partial charge on any atom is -0.0295 e.